The van der Waals surface area contributed by atoms with Gasteiger partial charge in [0.2, 0.25) is 0 Å². The zero-order chi connectivity index (χ0) is 23.0. The number of benzene rings is 1. The first-order valence-electron chi connectivity index (χ1n) is 11.4. The molecule has 2 N–H and O–H groups in total. The summed E-state index contributed by atoms with van der Waals surface area (Å²) in [5.74, 6) is 0. The Kier molecular flexibility index (Phi) is 8.04. The molecule has 0 aliphatic carbocycles. The van der Waals surface area contributed by atoms with Crippen LogP contribution in [0.4, 0.5) is 0 Å². The fraction of sp³-hybridized carbons (Fsp3) is 0.400. The number of nitrogens with zero attached hydrogens (tertiary/aromatic N) is 3. The molecule has 1 saturated heterocycles. The molecule has 1 aliphatic rings. The Hall–Kier alpha value is -2.81. The van der Waals surface area contributed by atoms with E-state index in [1.165, 1.54) is 0 Å². The van der Waals surface area contributed by atoms with E-state index < -0.39 is 0 Å². The van der Waals surface area contributed by atoms with Crippen LogP contribution in [0, 0.1) is 6.92 Å². The molecular formula is C25H31N5O2S. The molecule has 3 aromatic rings. The van der Waals surface area contributed by atoms with Crippen LogP contribution < -0.4 is 10.9 Å². The quantitative estimate of drug-likeness (QED) is 0.391. The van der Waals surface area contributed by atoms with E-state index in [2.05, 4.69) is 20.2 Å². The van der Waals surface area contributed by atoms with E-state index in [1.807, 2.05) is 54.4 Å². The Morgan fingerprint density at radius 2 is 2.09 bits per heavy atom. The summed E-state index contributed by atoms with van der Waals surface area (Å²) in [7, 11) is 0. The summed E-state index contributed by atoms with van der Waals surface area (Å²) in [4.78, 5) is 24.6. The summed E-state index contributed by atoms with van der Waals surface area (Å²) in [6.07, 6.45) is 4.59. The Morgan fingerprint density at radius 3 is 2.88 bits per heavy atom. The Morgan fingerprint density at radius 1 is 1.24 bits per heavy atom. The Balaban J connectivity index is 1.45. The lowest BCUT2D eigenvalue weighted by Crippen LogP contribution is -2.42. The van der Waals surface area contributed by atoms with Crippen LogP contribution in [0.25, 0.3) is 10.9 Å². The van der Waals surface area contributed by atoms with E-state index in [-0.39, 0.29) is 5.56 Å². The SMILES string of the molecule is Cc1cccc2cc(CN(Cc3cccnc3)C(=S)NCCCN3CCOCC3)c(=O)[nH]c12. The minimum atomic E-state index is -0.0805. The van der Waals surface area contributed by atoms with Crippen LogP contribution in [-0.4, -0.2) is 64.3 Å². The molecule has 33 heavy (non-hydrogen) atoms. The number of hydrogen-bond acceptors (Lipinski definition) is 5. The van der Waals surface area contributed by atoms with Crippen molar-refractivity contribution in [1.29, 1.82) is 0 Å². The lowest BCUT2D eigenvalue weighted by molar-refractivity contribution is 0.0376. The fourth-order valence-corrected chi connectivity index (χ4v) is 4.33. The highest BCUT2D eigenvalue weighted by Crippen LogP contribution is 2.16. The number of H-pyrrole nitrogens is 1. The molecule has 8 heteroatoms. The van der Waals surface area contributed by atoms with Crippen LogP contribution in [0.5, 0.6) is 0 Å². The van der Waals surface area contributed by atoms with Gasteiger partial charge in [0.05, 0.1) is 25.3 Å². The van der Waals surface area contributed by atoms with Gasteiger partial charge in [-0.25, -0.2) is 0 Å². The van der Waals surface area contributed by atoms with Crippen molar-refractivity contribution in [2.75, 3.05) is 39.4 Å². The minimum absolute atomic E-state index is 0.0805. The summed E-state index contributed by atoms with van der Waals surface area (Å²) < 4.78 is 5.41. The molecule has 3 heterocycles. The summed E-state index contributed by atoms with van der Waals surface area (Å²) in [6.45, 7) is 8.40. The second kappa shape index (κ2) is 11.4. The number of rotatable bonds is 8. The third kappa shape index (κ3) is 6.37. The number of pyridine rings is 2. The number of ether oxygens (including phenoxy) is 1. The van der Waals surface area contributed by atoms with Gasteiger partial charge in [0.25, 0.3) is 5.56 Å². The first-order valence-corrected chi connectivity index (χ1v) is 11.8. The van der Waals surface area contributed by atoms with Gasteiger partial charge in [-0.2, -0.15) is 0 Å². The standard InChI is InChI=1S/C25H31N5O2S/c1-19-5-2-7-21-15-22(24(31)28-23(19)21)18-30(17-20-6-3-8-26-16-20)25(33)27-9-4-10-29-11-13-32-14-12-29/h2-3,5-8,15-16H,4,9-14,17-18H2,1H3,(H,27,33)(H,28,31). The highest BCUT2D eigenvalue weighted by atomic mass is 32.1. The van der Waals surface area contributed by atoms with Gasteiger partial charge in [0.1, 0.15) is 0 Å². The largest absolute Gasteiger partial charge is 0.379 e. The highest BCUT2D eigenvalue weighted by Gasteiger charge is 2.15. The lowest BCUT2D eigenvalue weighted by atomic mass is 10.1. The van der Waals surface area contributed by atoms with Gasteiger partial charge < -0.3 is 19.9 Å². The van der Waals surface area contributed by atoms with Crippen molar-refractivity contribution in [2.24, 2.45) is 0 Å². The first-order chi connectivity index (χ1) is 16.1. The monoisotopic (exact) mass is 465 g/mol. The fourth-order valence-electron chi connectivity index (χ4n) is 4.10. The topological polar surface area (TPSA) is 73.5 Å². The van der Waals surface area contributed by atoms with Crippen LogP contribution in [0.2, 0.25) is 0 Å². The second-order valence-electron chi connectivity index (χ2n) is 8.42. The highest BCUT2D eigenvalue weighted by molar-refractivity contribution is 7.80. The molecule has 0 amide bonds. The number of fused-ring (bicyclic) bond motifs is 1. The van der Waals surface area contributed by atoms with E-state index in [9.17, 15) is 4.79 Å². The second-order valence-corrected chi connectivity index (χ2v) is 8.81. The third-order valence-corrected chi connectivity index (χ3v) is 6.34. The van der Waals surface area contributed by atoms with E-state index in [0.29, 0.717) is 23.8 Å². The minimum Gasteiger partial charge on any atom is -0.379 e. The van der Waals surface area contributed by atoms with Crippen molar-refractivity contribution < 1.29 is 4.74 Å². The van der Waals surface area contributed by atoms with Crippen LogP contribution in [0.3, 0.4) is 0 Å². The summed E-state index contributed by atoms with van der Waals surface area (Å²) >= 11 is 5.75. The Bertz CT molecular complexity index is 1130. The van der Waals surface area contributed by atoms with Crippen LogP contribution in [0.1, 0.15) is 23.1 Å². The van der Waals surface area contributed by atoms with Gasteiger partial charge in [-0.1, -0.05) is 24.3 Å². The number of para-hydroxylation sites is 1. The van der Waals surface area contributed by atoms with Gasteiger partial charge in [-0.15, -0.1) is 0 Å². The average molecular weight is 466 g/mol. The van der Waals surface area contributed by atoms with Gasteiger partial charge in [-0.05, 0) is 60.8 Å². The van der Waals surface area contributed by atoms with E-state index in [1.54, 1.807) is 6.20 Å². The van der Waals surface area contributed by atoms with Gasteiger partial charge in [0.15, 0.2) is 5.11 Å². The number of aromatic nitrogens is 2. The van der Waals surface area contributed by atoms with Crippen molar-refractivity contribution >= 4 is 28.2 Å². The van der Waals surface area contributed by atoms with Gasteiger partial charge in [0, 0.05) is 44.1 Å². The molecule has 0 saturated carbocycles. The van der Waals surface area contributed by atoms with Crippen LogP contribution in [-0.2, 0) is 17.8 Å². The molecule has 0 unspecified atom stereocenters. The number of aryl methyl sites for hydroxylation is 1. The smallest absolute Gasteiger partial charge is 0.253 e. The van der Waals surface area contributed by atoms with Crippen molar-refractivity contribution in [3.8, 4) is 0 Å². The first kappa shape index (κ1) is 23.4. The van der Waals surface area contributed by atoms with Gasteiger partial charge >= 0.3 is 0 Å². The van der Waals surface area contributed by atoms with Crippen molar-refractivity contribution in [3.63, 3.8) is 0 Å². The van der Waals surface area contributed by atoms with Crippen molar-refractivity contribution in [1.82, 2.24) is 25.1 Å². The molecule has 0 spiro atoms. The maximum atomic E-state index is 12.9. The molecule has 1 fully saturated rings. The number of hydrogen-bond donors (Lipinski definition) is 2. The number of nitrogens with one attached hydrogen (secondary N) is 2. The molecule has 1 aromatic carbocycles. The maximum Gasteiger partial charge on any atom is 0.253 e. The third-order valence-electron chi connectivity index (χ3n) is 5.94. The molecular weight excluding hydrogens is 434 g/mol. The number of aromatic amines is 1. The summed E-state index contributed by atoms with van der Waals surface area (Å²) in [6, 6.07) is 11.9. The van der Waals surface area contributed by atoms with Crippen LogP contribution >= 0.6 is 12.2 Å². The molecule has 4 rings (SSSR count). The Labute approximate surface area is 199 Å². The average Bonchev–Trinajstić information content (AvgIpc) is 2.84. The maximum absolute atomic E-state index is 12.9. The zero-order valence-corrected chi connectivity index (χ0v) is 19.9. The van der Waals surface area contributed by atoms with Crippen molar-refractivity contribution in [3.05, 3.63) is 75.8 Å². The van der Waals surface area contributed by atoms with Gasteiger partial charge in [-0.3, -0.25) is 14.7 Å². The predicted molar refractivity (Wildman–Crippen MR) is 135 cm³/mol. The van der Waals surface area contributed by atoms with E-state index in [0.717, 1.165) is 67.8 Å². The normalized spacial score (nSPS) is 14.3. The van der Waals surface area contributed by atoms with E-state index in [4.69, 9.17) is 17.0 Å². The molecule has 0 atom stereocenters. The number of morpholine rings is 1. The summed E-state index contributed by atoms with van der Waals surface area (Å²) in [5, 5.41) is 5.06. The zero-order valence-electron chi connectivity index (χ0n) is 19.0. The molecule has 1 aliphatic heterocycles. The predicted octanol–water partition coefficient (Wildman–Crippen LogP) is 2.83. The lowest BCUT2D eigenvalue weighted by Gasteiger charge is -2.28. The van der Waals surface area contributed by atoms with E-state index >= 15 is 0 Å². The van der Waals surface area contributed by atoms with Crippen molar-refractivity contribution in [2.45, 2.75) is 26.4 Å². The molecule has 0 radical (unpaired) electrons. The molecule has 2 aromatic heterocycles. The molecule has 174 valence electrons. The molecule has 7 nitrogen and oxygen atoms in total. The molecule has 0 bridgehead atoms. The number of thiocarbonyl (C=S) groups is 1. The van der Waals surface area contributed by atoms with Crippen LogP contribution in [0.15, 0.2) is 53.6 Å². The summed E-state index contributed by atoms with van der Waals surface area (Å²) in [5.41, 5.74) is 3.59.